The number of rotatable bonds is 7. The third-order valence-corrected chi connectivity index (χ3v) is 6.41. The second-order valence-electron chi connectivity index (χ2n) is 8.95. The van der Waals surface area contributed by atoms with Crippen molar-refractivity contribution in [2.75, 3.05) is 26.7 Å². The van der Waals surface area contributed by atoms with Crippen LogP contribution in [0, 0.1) is 5.82 Å². The first-order chi connectivity index (χ1) is 16.9. The molecule has 0 unspecified atom stereocenters. The number of nitrogens with zero attached hydrogens (tertiary/aromatic N) is 2. The van der Waals surface area contributed by atoms with Gasteiger partial charge >= 0.3 is 0 Å². The normalized spacial score (nSPS) is 14.9. The molecule has 0 aliphatic carbocycles. The van der Waals surface area contributed by atoms with Gasteiger partial charge in [0, 0.05) is 19.3 Å². The van der Waals surface area contributed by atoms with E-state index in [9.17, 15) is 9.18 Å². The fourth-order valence-corrected chi connectivity index (χ4v) is 4.42. The van der Waals surface area contributed by atoms with E-state index in [0.29, 0.717) is 17.9 Å². The molecule has 1 fully saturated rings. The molecule has 1 aromatic heterocycles. The van der Waals surface area contributed by atoms with Gasteiger partial charge in [0.15, 0.2) is 0 Å². The highest BCUT2D eigenvalue weighted by molar-refractivity contribution is 5.94. The standard InChI is InChI=1S/C29H32FN3O2/c1-4-35-27-17-25(18-31-19-27)29(34)32-20(2)21-5-7-22(8-6-21)28(23-9-11-26(30)12-10-23)24-13-15-33(3)16-14-24/h5-12,17-20H,4,13-16H2,1-3H3,(H,32,34)/t20-/m1/s1. The zero-order valence-electron chi connectivity index (χ0n) is 20.6. The summed E-state index contributed by atoms with van der Waals surface area (Å²) in [6.07, 6.45) is 5.12. The van der Waals surface area contributed by atoms with Crippen molar-refractivity contribution < 1.29 is 13.9 Å². The quantitative estimate of drug-likeness (QED) is 0.483. The van der Waals surface area contributed by atoms with Gasteiger partial charge in [-0.25, -0.2) is 4.39 Å². The first-order valence-electron chi connectivity index (χ1n) is 12.1. The Hall–Kier alpha value is -3.51. The van der Waals surface area contributed by atoms with E-state index in [1.54, 1.807) is 12.3 Å². The Labute approximate surface area is 206 Å². The lowest BCUT2D eigenvalue weighted by Crippen LogP contribution is -2.27. The zero-order chi connectivity index (χ0) is 24.8. The number of carbonyl (C=O) groups is 1. The number of nitrogens with one attached hydrogen (secondary N) is 1. The van der Waals surface area contributed by atoms with Crippen LogP contribution in [0.2, 0.25) is 0 Å². The molecule has 6 heteroatoms. The largest absolute Gasteiger partial charge is 0.492 e. The van der Waals surface area contributed by atoms with Crippen LogP contribution in [-0.4, -0.2) is 42.5 Å². The first kappa shape index (κ1) is 24.6. The number of piperidine rings is 1. The number of hydrogen-bond donors (Lipinski definition) is 1. The Morgan fingerprint density at radius 2 is 1.66 bits per heavy atom. The van der Waals surface area contributed by atoms with Crippen LogP contribution in [0.5, 0.6) is 5.75 Å². The second-order valence-corrected chi connectivity index (χ2v) is 8.95. The van der Waals surface area contributed by atoms with Crippen molar-refractivity contribution in [1.29, 1.82) is 0 Å². The molecule has 4 rings (SSSR count). The van der Waals surface area contributed by atoms with Gasteiger partial charge in [0.05, 0.1) is 24.4 Å². The van der Waals surface area contributed by atoms with E-state index in [1.807, 2.05) is 38.1 Å². The monoisotopic (exact) mass is 473 g/mol. The fraction of sp³-hybridized carbons (Fsp3) is 0.310. The Bertz CT molecular complexity index is 1180. The van der Waals surface area contributed by atoms with Gasteiger partial charge in [0.1, 0.15) is 11.6 Å². The van der Waals surface area contributed by atoms with E-state index in [-0.39, 0.29) is 17.8 Å². The SMILES string of the molecule is CCOc1cncc(C(=O)N[C@H](C)c2ccc(C(=C3CCN(C)CC3)c3ccc(F)cc3)cc2)c1. The molecular formula is C29H32FN3O2. The number of benzene rings is 2. The molecule has 0 bridgehead atoms. The summed E-state index contributed by atoms with van der Waals surface area (Å²) in [6, 6.07) is 16.6. The number of pyridine rings is 1. The van der Waals surface area contributed by atoms with Crippen molar-refractivity contribution >= 4 is 11.5 Å². The predicted molar refractivity (Wildman–Crippen MR) is 137 cm³/mol. The molecule has 0 spiro atoms. The molecule has 1 N–H and O–H groups in total. The van der Waals surface area contributed by atoms with Crippen LogP contribution < -0.4 is 10.1 Å². The highest BCUT2D eigenvalue weighted by atomic mass is 19.1. The van der Waals surface area contributed by atoms with Crippen molar-refractivity contribution in [3.63, 3.8) is 0 Å². The molecule has 2 heterocycles. The van der Waals surface area contributed by atoms with E-state index in [2.05, 4.69) is 34.4 Å². The minimum atomic E-state index is -0.233. The summed E-state index contributed by atoms with van der Waals surface area (Å²) in [7, 11) is 2.14. The van der Waals surface area contributed by atoms with Gasteiger partial charge < -0.3 is 15.0 Å². The number of amides is 1. The average molecular weight is 474 g/mol. The molecule has 1 aliphatic heterocycles. The lowest BCUT2D eigenvalue weighted by Gasteiger charge is -2.27. The van der Waals surface area contributed by atoms with Gasteiger partial charge in [-0.1, -0.05) is 42.0 Å². The van der Waals surface area contributed by atoms with Crippen LogP contribution in [0.15, 0.2) is 72.6 Å². The second kappa shape index (κ2) is 11.3. The Balaban J connectivity index is 1.55. The van der Waals surface area contributed by atoms with E-state index in [0.717, 1.165) is 42.6 Å². The van der Waals surface area contributed by atoms with Gasteiger partial charge in [-0.2, -0.15) is 0 Å². The van der Waals surface area contributed by atoms with Crippen molar-refractivity contribution in [3.05, 3.63) is 101 Å². The molecule has 182 valence electrons. The van der Waals surface area contributed by atoms with Crippen LogP contribution in [-0.2, 0) is 0 Å². The first-order valence-corrected chi connectivity index (χ1v) is 12.1. The molecule has 0 saturated carbocycles. The average Bonchev–Trinajstić information content (AvgIpc) is 2.87. The summed E-state index contributed by atoms with van der Waals surface area (Å²) in [5, 5.41) is 3.04. The number of halogens is 1. The van der Waals surface area contributed by atoms with Crippen LogP contribution in [0.1, 0.15) is 59.8 Å². The molecule has 1 saturated heterocycles. The number of aromatic nitrogens is 1. The summed E-state index contributed by atoms with van der Waals surface area (Å²) < 4.78 is 19.1. The predicted octanol–water partition coefficient (Wildman–Crippen LogP) is 5.64. The molecule has 1 aliphatic rings. The van der Waals surface area contributed by atoms with Crippen molar-refractivity contribution in [1.82, 2.24) is 15.2 Å². The van der Waals surface area contributed by atoms with E-state index < -0.39 is 0 Å². The van der Waals surface area contributed by atoms with Crippen LogP contribution in [0.3, 0.4) is 0 Å². The molecule has 0 radical (unpaired) electrons. The summed E-state index contributed by atoms with van der Waals surface area (Å²) in [4.78, 5) is 19.2. The van der Waals surface area contributed by atoms with Gasteiger partial charge in [-0.15, -0.1) is 0 Å². The molecular weight excluding hydrogens is 441 g/mol. The van der Waals surface area contributed by atoms with Gasteiger partial charge in [-0.3, -0.25) is 9.78 Å². The molecule has 1 atom stereocenters. The molecule has 35 heavy (non-hydrogen) atoms. The van der Waals surface area contributed by atoms with Crippen LogP contribution in [0.4, 0.5) is 4.39 Å². The van der Waals surface area contributed by atoms with E-state index in [4.69, 9.17) is 4.74 Å². The maximum atomic E-state index is 13.6. The minimum Gasteiger partial charge on any atom is -0.492 e. The summed E-state index contributed by atoms with van der Waals surface area (Å²) in [5.41, 5.74) is 6.17. The van der Waals surface area contributed by atoms with E-state index >= 15 is 0 Å². The molecule has 1 amide bonds. The number of ether oxygens (including phenoxy) is 1. The van der Waals surface area contributed by atoms with Gasteiger partial charge in [0.25, 0.3) is 5.91 Å². The van der Waals surface area contributed by atoms with Crippen molar-refractivity contribution in [2.45, 2.75) is 32.7 Å². The summed E-state index contributed by atoms with van der Waals surface area (Å²) >= 11 is 0. The lowest BCUT2D eigenvalue weighted by molar-refractivity contribution is 0.0939. The van der Waals surface area contributed by atoms with E-state index in [1.165, 1.54) is 29.5 Å². The van der Waals surface area contributed by atoms with Gasteiger partial charge in [0.2, 0.25) is 0 Å². The zero-order valence-corrected chi connectivity index (χ0v) is 20.6. The number of hydrogen-bond acceptors (Lipinski definition) is 4. The van der Waals surface area contributed by atoms with Crippen LogP contribution in [0.25, 0.3) is 5.57 Å². The molecule has 5 nitrogen and oxygen atoms in total. The van der Waals surface area contributed by atoms with Crippen LogP contribution >= 0.6 is 0 Å². The fourth-order valence-electron chi connectivity index (χ4n) is 4.42. The Kier molecular flexibility index (Phi) is 7.93. The highest BCUT2D eigenvalue weighted by Gasteiger charge is 2.18. The third kappa shape index (κ3) is 6.14. The summed E-state index contributed by atoms with van der Waals surface area (Å²) in [5.74, 6) is 0.145. The Morgan fingerprint density at radius 3 is 2.29 bits per heavy atom. The summed E-state index contributed by atoms with van der Waals surface area (Å²) in [6.45, 7) is 6.40. The maximum absolute atomic E-state index is 13.6. The third-order valence-electron chi connectivity index (χ3n) is 6.41. The maximum Gasteiger partial charge on any atom is 0.253 e. The smallest absolute Gasteiger partial charge is 0.253 e. The lowest BCUT2D eigenvalue weighted by atomic mass is 9.88. The van der Waals surface area contributed by atoms with Crippen molar-refractivity contribution in [3.8, 4) is 5.75 Å². The minimum absolute atomic E-state index is 0.183. The number of likely N-dealkylation sites (tertiary alicyclic amines) is 1. The Morgan fingerprint density at radius 1 is 1.03 bits per heavy atom. The highest BCUT2D eigenvalue weighted by Crippen LogP contribution is 2.33. The molecule has 2 aromatic carbocycles. The van der Waals surface area contributed by atoms with Crippen molar-refractivity contribution in [2.24, 2.45) is 0 Å². The number of carbonyl (C=O) groups excluding carboxylic acids is 1. The van der Waals surface area contributed by atoms with Gasteiger partial charge in [-0.05, 0) is 74.2 Å². The molecule has 3 aromatic rings. The topological polar surface area (TPSA) is 54.5 Å².